The average molecular weight is 300 g/mol. The third-order valence-corrected chi connectivity index (χ3v) is 4.86. The molecule has 0 atom stereocenters. The minimum atomic E-state index is -0.914. The molecule has 0 bridgehead atoms. The van der Waals surface area contributed by atoms with Gasteiger partial charge in [0.15, 0.2) is 0 Å². The fourth-order valence-corrected chi connectivity index (χ4v) is 3.54. The number of rotatable bonds is 13. The molecule has 0 radical (unpaired) electrons. The first-order valence-corrected chi connectivity index (χ1v) is 9.52. The van der Waals surface area contributed by atoms with Gasteiger partial charge in [-0.2, -0.15) is 0 Å². The van der Waals surface area contributed by atoms with E-state index >= 15 is 0 Å². The van der Waals surface area contributed by atoms with Gasteiger partial charge in [0, 0.05) is 19.1 Å². The first-order chi connectivity index (χ1) is 10.1. The molecule has 0 spiro atoms. The molecule has 1 aliphatic heterocycles. The number of hydrogen-bond acceptors (Lipinski definition) is 1. The number of nitrogens with zero attached hydrogens (tertiary/aromatic N) is 1. The predicted octanol–water partition coefficient (Wildman–Crippen LogP) is 6.12. The summed E-state index contributed by atoms with van der Waals surface area (Å²) in [7, 11) is 0. The molecule has 0 aromatic heterocycles. The van der Waals surface area contributed by atoms with Gasteiger partial charge in [-0.05, 0) is 19.8 Å². The zero-order valence-corrected chi connectivity index (χ0v) is 14.8. The van der Waals surface area contributed by atoms with E-state index in [2.05, 4.69) is 18.7 Å². The van der Waals surface area contributed by atoms with Crippen LogP contribution in [0.1, 0.15) is 97.8 Å². The summed E-state index contributed by atoms with van der Waals surface area (Å²) in [4.78, 5) is 2.40. The van der Waals surface area contributed by atoms with Crippen LogP contribution in [0.15, 0.2) is 0 Å². The fourth-order valence-electron chi connectivity index (χ4n) is 3.54. The lowest BCUT2D eigenvalue weighted by atomic mass is 9.91. The summed E-state index contributed by atoms with van der Waals surface area (Å²) in [5.41, 5.74) is -0.914. The van der Waals surface area contributed by atoms with Crippen LogP contribution in [0.2, 0.25) is 0 Å². The highest BCUT2D eigenvalue weighted by Gasteiger charge is 2.41. The molecule has 0 aromatic rings. The van der Waals surface area contributed by atoms with E-state index in [4.69, 9.17) is 0 Å². The van der Waals surface area contributed by atoms with Crippen LogP contribution in [-0.2, 0) is 0 Å². The molecule has 2 heteroatoms. The molecule has 0 aliphatic carbocycles. The maximum Gasteiger partial charge on any atom is 0.133 e. The van der Waals surface area contributed by atoms with Crippen molar-refractivity contribution < 1.29 is 4.39 Å². The molecule has 0 aromatic carbocycles. The minimum absolute atomic E-state index is 0.650. The van der Waals surface area contributed by atoms with Gasteiger partial charge < -0.3 is 0 Å². The Labute approximate surface area is 132 Å². The van der Waals surface area contributed by atoms with E-state index in [1.54, 1.807) is 6.92 Å². The van der Waals surface area contributed by atoms with Crippen molar-refractivity contribution in [3.05, 3.63) is 0 Å². The smallest absolute Gasteiger partial charge is 0.133 e. The Balaban J connectivity index is 2.19. The lowest BCUT2D eigenvalue weighted by Crippen LogP contribution is -2.60. The van der Waals surface area contributed by atoms with E-state index in [1.165, 1.54) is 77.0 Å². The van der Waals surface area contributed by atoms with Crippen molar-refractivity contribution in [2.24, 2.45) is 0 Å². The second-order valence-corrected chi connectivity index (χ2v) is 7.38. The van der Waals surface area contributed by atoms with Gasteiger partial charge in [-0.1, -0.05) is 78.1 Å². The number of hydrogen-bond donors (Lipinski definition) is 0. The molecular weight excluding hydrogens is 261 g/mol. The second-order valence-electron chi connectivity index (χ2n) is 7.38. The standard InChI is InChI=1S/C19H38FN/c1-4-6-8-10-12-14-18(15-13-11-9-7-5-2)21-16-19(3,20)17-21/h18H,4-17H2,1-3H3. The summed E-state index contributed by atoms with van der Waals surface area (Å²) in [6.45, 7) is 7.62. The third kappa shape index (κ3) is 8.18. The van der Waals surface area contributed by atoms with Gasteiger partial charge in [-0.3, -0.25) is 4.90 Å². The van der Waals surface area contributed by atoms with E-state index < -0.39 is 5.67 Å². The van der Waals surface area contributed by atoms with Crippen LogP contribution in [0.4, 0.5) is 4.39 Å². The maximum absolute atomic E-state index is 13.8. The number of halogens is 1. The van der Waals surface area contributed by atoms with Crippen molar-refractivity contribution in [1.29, 1.82) is 0 Å². The SMILES string of the molecule is CCCCCCCC(CCCCCCC)N1CC(C)(F)C1. The zero-order chi connectivity index (χ0) is 15.6. The Bertz CT molecular complexity index is 230. The molecule has 1 rings (SSSR count). The van der Waals surface area contributed by atoms with Crippen LogP contribution in [0, 0.1) is 0 Å². The summed E-state index contributed by atoms with van der Waals surface area (Å²) in [6, 6.07) is 0.650. The lowest BCUT2D eigenvalue weighted by molar-refractivity contribution is -0.0492. The fraction of sp³-hybridized carbons (Fsp3) is 1.00. The molecule has 1 nitrogen and oxygen atoms in total. The van der Waals surface area contributed by atoms with Crippen molar-refractivity contribution in [3.8, 4) is 0 Å². The third-order valence-electron chi connectivity index (χ3n) is 4.86. The Morgan fingerprint density at radius 1 is 0.810 bits per heavy atom. The molecule has 21 heavy (non-hydrogen) atoms. The van der Waals surface area contributed by atoms with Crippen LogP contribution < -0.4 is 0 Å². The average Bonchev–Trinajstić information content (AvgIpc) is 2.42. The quantitative estimate of drug-likeness (QED) is 0.370. The Morgan fingerprint density at radius 3 is 1.62 bits per heavy atom. The number of alkyl halides is 1. The van der Waals surface area contributed by atoms with Crippen LogP contribution in [0.3, 0.4) is 0 Å². The van der Waals surface area contributed by atoms with Crippen LogP contribution in [-0.4, -0.2) is 29.7 Å². The Kier molecular flexibility index (Phi) is 9.55. The predicted molar refractivity (Wildman–Crippen MR) is 91.6 cm³/mol. The van der Waals surface area contributed by atoms with E-state index in [0.29, 0.717) is 19.1 Å². The maximum atomic E-state index is 13.8. The molecule has 1 fully saturated rings. The highest BCUT2D eigenvalue weighted by molar-refractivity contribution is 4.95. The summed E-state index contributed by atoms with van der Waals surface area (Å²) in [5.74, 6) is 0. The Morgan fingerprint density at radius 2 is 1.24 bits per heavy atom. The van der Waals surface area contributed by atoms with Crippen molar-refractivity contribution in [2.75, 3.05) is 13.1 Å². The van der Waals surface area contributed by atoms with E-state index in [1.807, 2.05) is 0 Å². The van der Waals surface area contributed by atoms with Gasteiger partial charge in [0.25, 0.3) is 0 Å². The van der Waals surface area contributed by atoms with Crippen molar-refractivity contribution in [3.63, 3.8) is 0 Å². The van der Waals surface area contributed by atoms with Gasteiger partial charge in [-0.25, -0.2) is 4.39 Å². The molecule has 0 N–H and O–H groups in total. The first-order valence-electron chi connectivity index (χ1n) is 9.52. The van der Waals surface area contributed by atoms with Crippen molar-refractivity contribution in [2.45, 2.75) is 110 Å². The molecule has 126 valence electrons. The largest absolute Gasteiger partial charge is 0.294 e. The Hall–Kier alpha value is -0.110. The van der Waals surface area contributed by atoms with E-state index in [-0.39, 0.29) is 0 Å². The summed E-state index contributed by atoms with van der Waals surface area (Å²) in [6.07, 6.45) is 16.1. The lowest BCUT2D eigenvalue weighted by Gasteiger charge is -2.47. The molecule has 0 amide bonds. The molecule has 1 aliphatic rings. The molecule has 1 heterocycles. The van der Waals surface area contributed by atoms with Gasteiger partial charge in [0.2, 0.25) is 0 Å². The molecule has 0 saturated carbocycles. The molecule has 1 saturated heterocycles. The van der Waals surface area contributed by atoms with Gasteiger partial charge in [0.1, 0.15) is 5.67 Å². The zero-order valence-electron chi connectivity index (χ0n) is 14.8. The van der Waals surface area contributed by atoms with Gasteiger partial charge >= 0.3 is 0 Å². The van der Waals surface area contributed by atoms with Gasteiger partial charge in [0.05, 0.1) is 0 Å². The van der Waals surface area contributed by atoms with Crippen molar-refractivity contribution >= 4 is 0 Å². The topological polar surface area (TPSA) is 3.24 Å². The second kappa shape index (κ2) is 10.6. The van der Waals surface area contributed by atoms with Crippen LogP contribution >= 0.6 is 0 Å². The highest BCUT2D eigenvalue weighted by atomic mass is 19.1. The molecular formula is C19H38FN. The summed E-state index contributed by atoms with van der Waals surface area (Å²) in [5, 5.41) is 0. The van der Waals surface area contributed by atoms with Crippen molar-refractivity contribution in [1.82, 2.24) is 4.90 Å². The number of likely N-dealkylation sites (tertiary alicyclic amines) is 1. The first kappa shape index (κ1) is 18.9. The van der Waals surface area contributed by atoms with Crippen LogP contribution in [0.25, 0.3) is 0 Å². The van der Waals surface area contributed by atoms with E-state index in [0.717, 1.165) is 0 Å². The van der Waals surface area contributed by atoms with Crippen LogP contribution in [0.5, 0.6) is 0 Å². The number of unbranched alkanes of at least 4 members (excludes halogenated alkanes) is 8. The normalized spacial score (nSPS) is 18.1. The summed E-state index contributed by atoms with van der Waals surface area (Å²) < 4.78 is 13.8. The monoisotopic (exact) mass is 299 g/mol. The van der Waals surface area contributed by atoms with E-state index in [9.17, 15) is 4.39 Å². The summed E-state index contributed by atoms with van der Waals surface area (Å²) >= 11 is 0. The van der Waals surface area contributed by atoms with Gasteiger partial charge in [-0.15, -0.1) is 0 Å². The minimum Gasteiger partial charge on any atom is -0.294 e. The molecule has 0 unspecified atom stereocenters. The highest BCUT2D eigenvalue weighted by Crippen LogP contribution is 2.30.